The maximum Gasteiger partial charge on any atom is 0.193 e. The van der Waals surface area contributed by atoms with E-state index in [2.05, 4.69) is 222 Å². The molecule has 15 atom stereocenters. The largest absolute Gasteiger partial charge is 0.414 e. The Hall–Kier alpha value is -0.286. The molecule has 0 aliphatic carbocycles. The molecule has 12 nitrogen and oxygen atoms in total. The van der Waals surface area contributed by atoms with Gasteiger partial charge in [0.15, 0.2) is 41.6 Å². The van der Waals surface area contributed by atoms with Crippen LogP contribution < -0.4 is 0 Å². The van der Waals surface area contributed by atoms with Gasteiger partial charge in [0.2, 0.25) is 0 Å². The number of halogens is 1. The second-order valence-corrected chi connectivity index (χ2v) is 59.1. The van der Waals surface area contributed by atoms with Gasteiger partial charge < -0.3 is 50.6 Å². The quantitative estimate of drug-likeness (QED) is 0.0336. The first-order valence-corrected chi connectivity index (χ1v) is 49.2. The van der Waals surface area contributed by atoms with E-state index in [9.17, 15) is 4.79 Å². The van der Waals surface area contributed by atoms with Crippen molar-refractivity contribution >= 4 is 76.2 Å². The van der Waals surface area contributed by atoms with Crippen molar-refractivity contribution in [2.24, 2.45) is 5.92 Å². The highest BCUT2D eigenvalue weighted by molar-refractivity contribution is 14.1. The SMILES string of the molecule is C=C1C[C@H](CC[C@@H]2O[C@@H](CCC=O)CC2=C)O[C@H](C[C@@H]2O[C@H](C[C@@H](CO[Si](C)(C)C(C)(C)C)O[Si](C)(C)C(C)(C)C)C[C@H]2CC(=O)C[C@H]2CC[C@@H]3O[C@H]([C@H](/C=C/I)O[Si](C)(C)C(C)(C)C)C(O[Si](C)(C)C(C)(C)C)C(O[Si](C)(C)C(C)(C)C)C3O2)C1=C. The van der Waals surface area contributed by atoms with E-state index in [1.165, 1.54) is 0 Å². The maximum absolute atomic E-state index is 15.2. The molecule has 5 heterocycles. The van der Waals surface area contributed by atoms with Crippen molar-refractivity contribution in [2.45, 2.75) is 363 Å². The first kappa shape index (κ1) is 77.4. The van der Waals surface area contributed by atoms with Crippen LogP contribution in [0.5, 0.6) is 0 Å². The Morgan fingerprint density at radius 1 is 0.609 bits per heavy atom. The van der Waals surface area contributed by atoms with Gasteiger partial charge in [-0.2, -0.15) is 0 Å². The van der Waals surface area contributed by atoms with E-state index in [1.807, 2.05) is 0 Å². The van der Waals surface area contributed by atoms with Crippen molar-refractivity contribution < 1.29 is 55.4 Å². The molecule has 0 saturated carbocycles. The number of carbonyl (C=O) groups excluding carboxylic acids is 2. The Balaban J connectivity index is 1.47. The van der Waals surface area contributed by atoms with Gasteiger partial charge in [0, 0.05) is 32.1 Å². The van der Waals surface area contributed by atoms with Crippen molar-refractivity contribution in [1.82, 2.24) is 0 Å². The third kappa shape index (κ3) is 20.4. The van der Waals surface area contributed by atoms with Gasteiger partial charge in [0.1, 0.15) is 36.5 Å². The molecule has 0 aromatic carbocycles. The predicted octanol–water partition coefficient (Wildman–Crippen LogP) is 18.5. The minimum Gasteiger partial charge on any atom is -0.414 e. The van der Waals surface area contributed by atoms with Gasteiger partial charge in [-0.25, -0.2) is 0 Å². The minimum absolute atomic E-state index is 0.00106. The molecule has 0 N–H and O–H groups in total. The van der Waals surface area contributed by atoms with Crippen LogP contribution in [0.25, 0.3) is 0 Å². The van der Waals surface area contributed by atoms with Crippen LogP contribution in [0.2, 0.25) is 90.7 Å². The Labute approximate surface area is 550 Å². The second-order valence-electron chi connectivity index (χ2n) is 34.6. The fraction of sp³-hybridized carbons (Fsp3) is 0.855. The highest BCUT2D eigenvalue weighted by Gasteiger charge is 2.58. The lowest BCUT2D eigenvalue weighted by Crippen LogP contribution is -2.69. The third-order valence-corrected chi connectivity index (χ3v) is 45.4. The maximum atomic E-state index is 15.2. The lowest BCUT2D eigenvalue weighted by Gasteiger charge is -2.56. The standard InChI is InChI=1S/C69H127IO12Si5/c1-46-38-52(31-33-56-47(2)39-51(74-56)30-29-37-71)75-59(48(46)3)44-60-49(41-54(76-60)43-55(79-84(21,22)66(7,8)9)45-73-83(19,20)65(4,5)6)40-50(72)42-53-32-34-57-61(77-53)63(81-86(25,26)68(13,14)15)64(82-87(27,28)69(16,17)18)62(78-57)58(35-36-70)80-85(23,24)67(10,11)12/h35-37,49,51-64H,1-3,29-34,38-45H2,4-28H3/b36-35+/t49-,51+,52+,53-,54+,55+,56+,57+,58+,59-,60+,61?,62-,63?,64?/m1/s1. The summed E-state index contributed by atoms with van der Waals surface area (Å²) in [5.74, 6) is 0.0966. The number of rotatable bonds is 27. The van der Waals surface area contributed by atoms with E-state index in [-0.39, 0.29) is 104 Å². The summed E-state index contributed by atoms with van der Waals surface area (Å²) in [6.07, 6.45) is 7.53. The predicted molar refractivity (Wildman–Crippen MR) is 380 cm³/mol. The number of hydrogen-bond donors (Lipinski definition) is 0. The lowest BCUT2D eigenvalue weighted by atomic mass is 9.84. The molecule has 0 amide bonds. The van der Waals surface area contributed by atoms with Crippen LogP contribution in [0.15, 0.2) is 46.6 Å². The molecule has 0 aromatic rings. The molecule has 18 heteroatoms. The molecule has 5 aliphatic rings. The molecule has 0 radical (unpaired) electrons. The van der Waals surface area contributed by atoms with E-state index in [0.717, 1.165) is 48.7 Å². The summed E-state index contributed by atoms with van der Waals surface area (Å²) in [5.41, 5.74) is 2.98. The monoisotopic (exact) mass is 1410 g/mol. The van der Waals surface area contributed by atoms with Crippen LogP contribution in [0.4, 0.5) is 0 Å². The average Bonchev–Trinajstić information content (AvgIpc) is 1.43. The zero-order chi connectivity index (χ0) is 66.1. The van der Waals surface area contributed by atoms with Crippen LogP contribution in [0.3, 0.4) is 0 Å². The molecule has 0 aromatic heterocycles. The van der Waals surface area contributed by atoms with Crippen molar-refractivity contribution in [1.29, 1.82) is 0 Å². The summed E-state index contributed by atoms with van der Waals surface area (Å²) in [7, 11) is -11.6. The zero-order valence-electron chi connectivity index (χ0n) is 59.7. The first-order chi connectivity index (χ1) is 39.5. The molecule has 0 bridgehead atoms. The molecular formula is C69H127IO12Si5. The topological polar surface area (TPSA) is 126 Å². The first-order valence-electron chi connectivity index (χ1n) is 33.4. The summed E-state index contributed by atoms with van der Waals surface area (Å²) in [5, 5.41) is -0.184. The summed E-state index contributed by atoms with van der Waals surface area (Å²) in [6.45, 7) is 71.5. The highest BCUT2D eigenvalue weighted by Crippen LogP contribution is 2.49. The number of fused-ring (bicyclic) bond motifs is 1. The molecule has 0 spiro atoms. The third-order valence-electron chi connectivity index (χ3n) is 22.5. The summed E-state index contributed by atoms with van der Waals surface area (Å²) < 4.78 is 74.6. The van der Waals surface area contributed by atoms with Crippen LogP contribution in [0.1, 0.15) is 187 Å². The summed E-state index contributed by atoms with van der Waals surface area (Å²) in [4.78, 5) is 26.3. The van der Waals surface area contributed by atoms with E-state index in [4.69, 9.17) is 45.8 Å². The zero-order valence-corrected chi connectivity index (χ0v) is 66.8. The Bertz CT molecular complexity index is 2360. The number of carbonyl (C=O) groups is 2. The van der Waals surface area contributed by atoms with Gasteiger partial charge in [-0.05, 0) is 175 Å². The minimum atomic E-state index is -2.48. The van der Waals surface area contributed by atoms with Crippen LogP contribution in [-0.2, 0) is 55.4 Å². The van der Waals surface area contributed by atoms with Gasteiger partial charge >= 0.3 is 0 Å². The van der Waals surface area contributed by atoms with Gasteiger partial charge in [-0.3, -0.25) is 4.79 Å². The number of ketones is 1. The Morgan fingerprint density at radius 2 is 1.15 bits per heavy atom. The normalized spacial score (nSPS) is 30.5. The number of Topliss-reactive ketones (excluding diaryl/α,β-unsaturated/α-hetero) is 1. The Morgan fingerprint density at radius 3 is 1.70 bits per heavy atom. The molecule has 5 aliphatic heterocycles. The molecule has 3 unspecified atom stereocenters. The van der Waals surface area contributed by atoms with E-state index < -0.39 is 66.0 Å². The van der Waals surface area contributed by atoms with Crippen LogP contribution in [0, 0.1) is 5.92 Å². The Kier molecular flexibility index (Phi) is 26.5. The fourth-order valence-electron chi connectivity index (χ4n) is 11.6. The number of aldehydes is 1. The van der Waals surface area contributed by atoms with Crippen LogP contribution in [-0.4, -0.2) is 146 Å². The van der Waals surface area contributed by atoms with Gasteiger partial charge in [0.25, 0.3) is 0 Å². The second kappa shape index (κ2) is 29.8. The molecule has 5 saturated heterocycles. The average molecular weight is 1420 g/mol. The summed E-state index contributed by atoms with van der Waals surface area (Å²) >= 11 is 2.32. The van der Waals surface area contributed by atoms with E-state index in [1.54, 1.807) is 0 Å². The molecule has 5 fully saturated rings. The summed E-state index contributed by atoms with van der Waals surface area (Å²) in [6, 6.07) is 0. The van der Waals surface area contributed by atoms with Crippen molar-refractivity contribution in [3.05, 3.63) is 46.6 Å². The molecular weight excluding hydrogens is 1290 g/mol. The van der Waals surface area contributed by atoms with E-state index in [0.29, 0.717) is 58.0 Å². The van der Waals surface area contributed by atoms with Crippen molar-refractivity contribution in [3.8, 4) is 0 Å². The number of hydrogen-bond acceptors (Lipinski definition) is 12. The highest BCUT2D eigenvalue weighted by atomic mass is 127. The van der Waals surface area contributed by atoms with Gasteiger partial charge in [-0.15, -0.1) is 0 Å². The number of ether oxygens (including phenoxy) is 5. The van der Waals surface area contributed by atoms with Crippen LogP contribution >= 0.6 is 22.6 Å². The van der Waals surface area contributed by atoms with Gasteiger partial charge in [-0.1, -0.05) is 146 Å². The molecule has 5 rings (SSSR count). The van der Waals surface area contributed by atoms with E-state index >= 15 is 4.79 Å². The van der Waals surface area contributed by atoms with Crippen molar-refractivity contribution in [3.63, 3.8) is 0 Å². The molecule has 502 valence electrons. The fourth-order valence-corrected chi connectivity index (χ4v) is 18.3. The molecule has 87 heavy (non-hydrogen) atoms. The van der Waals surface area contributed by atoms with Crippen molar-refractivity contribution in [2.75, 3.05) is 6.61 Å². The van der Waals surface area contributed by atoms with Gasteiger partial charge in [0.05, 0.1) is 67.6 Å². The lowest BCUT2D eigenvalue weighted by molar-refractivity contribution is -0.266. The smallest absolute Gasteiger partial charge is 0.193 e.